The lowest BCUT2D eigenvalue weighted by atomic mass is 10.1. The minimum Gasteiger partial charge on any atom is -0.493 e. The molecule has 0 fully saturated rings. The van der Waals surface area contributed by atoms with Crippen molar-refractivity contribution >= 4 is 46.8 Å². The number of carboxylic acids is 1. The van der Waals surface area contributed by atoms with Crippen molar-refractivity contribution in [1.82, 2.24) is 0 Å². The first-order chi connectivity index (χ1) is 16.3. The predicted octanol–water partition coefficient (Wildman–Crippen LogP) is 5.82. The van der Waals surface area contributed by atoms with Gasteiger partial charge in [0.15, 0.2) is 11.5 Å². The number of aromatic carboxylic acids is 1. The fourth-order valence-corrected chi connectivity index (χ4v) is 3.23. The molecule has 0 heterocycles. The molecule has 0 atom stereocenters. The van der Waals surface area contributed by atoms with Gasteiger partial charge < -0.3 is 19.9 Å². The molecule has 0 bridgehead atoms. The number of nitrogens with zero attached hydrogens (tertiary/aromatic N) is 1. The van der Waals surface area contributed by atoms with E-state index >= 15 is 0 Å². The highest BCUT2D eigenvalue weighted by atomic mass is 35.5. The Morgan fingerprint density at radius 3 is 2.53 bits per heavy atom. The average molecular weight is 497 g/mol. The summed E-state index contributed by atoms with van der Waals surface area (Å²) in [6, 6.07) is 17.8. The van der Waals surface area contributed by atoms with E-state index in [1.807, 2.05) is 6.07 Å². The standard InChI is InChI=1S/C25H18Cl2N2O5/c1-33-23-11-15(5-8-22(23)34-14-16-3-2-4-17(10-16)25(31)32)9-18(13-28)24(30)29-19-6-7-20(26)21(27)12-19/h2-12H,14H2,1H3,(H,29,30)(H,31,32)/b18-9-. The summed E-state index contributed by atoms with van der Waals surface area (Å²) in [4.78, 5) is 23.7. The van der Waals surface area contributed by atoms with E-state index in [1.54, 1.807) is 36.4 Å². The number of anilines is 1. The van der Waals surface area contributed by atoms with Crippen molar-refractivity contribution in [3.8, 4) is 17.6 Å². The number of methoxy groups -OCH3 is 1. The summed E-state index contributed by atoms with van der Waals surface area (Å²) in [7, 11) is 1.46. The molecular formula is C25H18Cl2N2O5. The second-order valence-corrected chi connectivity index (χ2v) is 7.77. The monoisotopic (exact) mass is 496 g/mol. The number of benzene rings is 3. The zero-order valence-electron chi connectivity index (χ0n) is 17.8. The fraction of sp³-hybridized carbons (Fsp3) is 0.0800. The van der Waals surface area contributed by atoms with Crippen molar-refractivity contribution in [2.45, 2.75) is 6.61 Å². The molecule has 3 aromatic rings. The molecule has 34 heavy (non-hydrogen) atoms. The third kappa shape index (κ3) is 6.29. The van der Waals surface area contributed by atoms with Gasteiger partial charge in [-0.25, -0.2) is 4.79 Å². The molecule has 3 aromatic carbocycles. The smallest absolute Gasteiger partial charge is 0.335 e. The van der Waals surface area contributed by atoms with Gasteiger partial charge in [0.1, 0.15) is 18.2 Å². The third-order valence-electron chi connectivity index (χ3n) is 4.61. The summed E-state index contributed by atoms with van der Waals surface area (Å²) in [6.45, 7) is 0.127. The molecule has 0 unspecified atom stereocenters. The number of rotatable bonds is 8. The number of carboxylic acid groups (broad SMARTS) is 1. The number of ether oxygens (including phenoxy) is 2. The van der Waals surface area contributed by atoms with Gasteiger partial charge in [-0.2, -0.15) is 5.26 Å². The molecular weight excluding hydrogens is 479 g/mol. The number of carbonyl (C=O) groups is 2. The molecule has 0 saturated carbocycles. The van der Waals surface area contributed by atoms with Crippen LogP contribution in [0.2, 0.25) is 10.0 Å². The van der Waals surface area contributed by atoms with Gasteiger partial charge in [-0.1, -0.05) is 41.4 Å². The Hall–Kier alpha value is -3.99. The van der Waals surface area contributed by atoms with Crippen molar-refractivity contribution in [3.63, 3.8) is 0 Å². The molecule has 172 valence electrons. The number of amides is 1. The largest absolute Gasteiger partial charge is 0.493 e. The van der Waals surface area contributed by atoms with E-state index in [4.69, 9.17) is 37.8 Å². The van der Waals surface area contributed by atoms with Crippen LogP contribution in [0, 0.1) is 11.3 Å². The number of nitrogens with one attached hydrogen (secondary N) is 1. The Balaban J connectivity index is 1.75. The maximum atomic E-state index is 12.5. The van der Waals surface area contributed by atoms with Crippen molar-refractivity contribution in [1.29, 1.82) is 5.26 Å². The first-order valence-electron chi connectivity index (χ1n) is 9.82. The molecule has 7 nitrogen and oxygen atoms in total. The number of halogens is 2. The lowest BCUT2D eigenvalue weighted by Crippen LogP contribution is -2.13. The maximum Gasteiger partial charge on any atom is 0.335 e. The zero-order chi connectivity index (χ0) is 24.7. The van der Waals surface area contributed by atoms with Crippen LogP contribution in [0.1, 0.15) is 21.5 Å². The van der Waals surface area contributed by atoms with E-state index in [9.17, 15) is 14.9 Å². The minimum atomic E-state index is -1.02. The summed E-state index contributed by atoms with van der Waals surface area (Å²) < 4.78 is 11.1. The summed E-state index contributed by atoms with van der Waals surface area (Å²) in [6.07, 6.45) is 1.41. The van der Waals surface area contributed by atoms with Crippen LogP contribution in [0.3, 0.4) is 0 Å². The van der Waals surface area contributed by atoms with E-state index in [0.29, 0.717) is 33.3 Å². The van der Waals surface area contributed by atoms with Crippen LogP contribution in [0.15, 0.2) is 66.2 Å². The Morgan fingerprint density at radius 2 is 1.85 bits per heavy atom. The van der Waals surface area contributed by atoms with Crippen LogP contribution >= 0.6 is 23.2 Å². The van der Waals surface area contributed by atoms with Gasteiger partial charge in [-0.15, -0.1) is 0 Å². The summed E-state index contributed by atoms with van der Waals surface area (Å²) in [5.41, 5.74) is 1.65. The molecule has 9 heteroatoms. The second kappa shape index (κ2) is 11.2. The minimum absolute atomic E-state index is 0.127. The van der Waals surface area contributed by atoms with E-state index in [-0.39, 0.29) is 22.8 Å². The first-order valence-corrected chi connectivity index (χ1v) is 10.6. The molecule has 0 aliphatic rings. The molecule has 0 radical (unpaired) electrons. The van der Waals surface area contributed by atoms with Gasteiger partial charge in [-0.3, -0.25) is 4.79 Å². The zero-order valence-corrected chi connectivity index (χ0v) is 19.4. The van der Waals surface area contributed by atoms with Gasteiger partial charge >= 0.3 is 5.97 Å². The van der Waals surface area contributed by atoms with Gasteiger partial charge in [0.25, 0.3) is 5.91 Å². The van der Waals surface area contributed by atoms with Crippen molar-refractivity contribution in [2.75, 3.05) is 12.4 Å². The van der Waals surface area contributed by atoms with Gasteiger partial charge in [0.05, 0.1) is 22.7 Å². The van der Waals surface area contributed by atoms with Crippen LogP contribution in [-0.2, 0) is 11.4 Å². The Bertz CT molecular complexity index is 1310. The SMILES string of the molecule is COc1cc(/C=C(/C#N)C(=O)Nc2ccc(Cl)c(Cl)c2)ccc1OCc1cccc(C(=O)O)c1. The van der Waals surface area contributed by atoms with E-state index in [0.717, 1.165) is 0 Å². The summed E-state index contributed by atoms with van der Waals surface area (Å²) in [5.74, 6) is -0.838. The summed E-state index contributed by atoms with van der Waals surface area (Å²) >= 11 is 11.8. The van der Waals surface area contributed by atoms with Crippen LogP contribution < -0.4 is 14.8 Å². The quantitative estimate of drug-likeness (QED) is 0.300. The Morgan fingerprint density at radius 1 is 1.06 bits per heavy atom. The molecule has 0 aliphatic heterocycles. The van der Waals surface area contributed by atoms with Gasteiger partial charge in [0.2, 0.25) is 0 Å². The Kier molecular flexibility index (Phi) is 8.14. The predicted molar refractivity (Wildman–Crippen MR) is 129 cm³/mol. The van der Waals surface area contributed by atoms with Crippen LogP contribution in [0.25, 0.3) is 6.08 Å². The normalized spacial score (nSPS) is 10.8. The van der Waals surface area contributed by atoms with Crippen LogP contribution in [0.5, 0.6) is 11.5 Å². The second-order valence-electron chi connectivity index (χ2n) is 6.96. The van der Waals surface area contributed by atoms with E-state index < -0.39 is 11.9 Å². The molecule has 0 spiro atoms. The fourth-order valence-electron chi connectivity index (χ4n) is 2.94. The van der Waals surface area contributed by atoms with Crippen molar-refractivity contribution in [3.05, 3.63) is 93.0 Å². The third-order valence-corrected chi connectivity index (χ3v) is 5.35. The van der Waals surface area contributed by atoms with Crippen LogP contribution in [0.4, 0.5) is 5.69 Å². The van der Waals surface area contributed by atoms with Gasteiger partial charge in [0, 0.05) is 5.69 Å². The number of nitriles is 1. The molecule has 2 N–H and O–H groups in total. The lowest BCUT2D eigenvalue weighted by molar-refractivity contribution is -0.112. The number of hydrogen-bond donors (Lipinski definition) is 2. The lowest BCUT2D eigenvalue weighted by Gasteiger charge is -2.12. The van der Waals surface area contributed by atoms with Crippen molar-refractivity contribution in [2.24, 2.45) is 0 Å². The first kappa shape index (κ1) is 24.6. The molecule has 0 aromatic heterocycles. The molecule has 0 aliphatic carbocycles. The topological polar surface area (TPSA) is 109 Å². The molecule has 0 saturated heterocycles. The highest BCUT2D eigenvalue weighted by molar-refractivity contribution is 6.42. The molecule has 3 rings (SSSR count). The van der Waals surface area contributed by atoms with Gasteiger partial charge in [-0.05, 0) is 59.7 Å². The maximum absolute atomic E-state index is 12.5. The van der Waals surface area contributed by atoms with E-state index in [2.05, 4.69) is 5.32 Å². The average Bonchev–Trinajstić information content (AvgIpc) is 2.83. The van der Waals surface area contributed by atoms with E-state index in [1.165, 1.54) is 37.5 Å². The summed E-state index contributed by atoms with van der Waals surface area (Å²) in [5, 5.41) is 21.8. The Labute approximate surface area is 205 Å². The van der Waals surface area contributed by atoms with Crippen LogP contribution in [-0.4, -0.2) is 24.1 Å². The molecule has 1 amide bonds. The highest BCUT2D eigenvalue weighted by Gasteiger charge is 2.12. The highest BCUT2D eigenvalue weighted by Crippen LogP contribution is 2.30. The number of hydrogen-bond acceptors (Lipinski definition) is 5. The van der Waals surface area contributed by atoms with Crippen molar-refractivity contribution < 1.29 is 24.2 Å². The number of carbonyl (C=O) groups excluding carboxylic acids is 1.